The van der Waals surface area contributed by atoms with Crippen LogP contribution in [-0.4, -0.2) is 47.9 Å². The molecule has 3 nitrogen and oxygen atoms in total. The predicted octanol–water partition coefficient (Wildman–Crippen LogP) is 3.08. The van der Waals surface area contributed by atoms with Crippen molar-refractivity contribution < 1.29 is 9.18 Å². The first-order valence-electron chi connectivity index (χ1n) is 7.67. The number of amides is 1. The third-order valence-electron chi connectivity index (χ3n) is 4.52. The number of hydrogen-bond donors (Lipinski definition) is 0. The first-order valence-corrected chi connectivity index (χ1v) is 7.67. The minimum absolute atomic E-state index is 0.00417. The number of rotatable bonds is 3. The van der Waals surface area contributed by atoms with Gasteiger partial charge in [-0.2, -0.15) is 0 Å². The van der Waals surface area contributed by atoms with Gasteiger partial charge >= 0.3 is 0 Å². The monoisotopic (exact) mass is 292 g/mol. The van der Waals surface area contributed by atoms with E-state index in [2.05, 4.69) is 18.7 Å². The van der Waals surface area contributed by atoms with Gasteiger partial charge in [-0.3, -0.25) is 4.79 Å². The molecular formula is C17H25FN2O. The lowest BCUT2D eigenvalue weighted by molar-refractivity contribution is 0.0614. The van der Waals surface area contributed by atoms with Crippen molar-refractivity contribution in [3.8, 4) is 0 Å². The molecule has 0 aliphatic carbocycles. The van der Waals surface area contributed by atoms with Crippen molar-refractivity contribution >= 4 is 5.91 Å². The zero-order valence-electron chi connectivity index (χ0n) is 13.4. The lowest BCUT2D eigenvalue weighted by Crippen LogP contribution is -2.47. The topological polar surface area (TPSA) is 23.6 Å². The molecule has 21 heavy (non-hydrogen) atoms. The summed E-state index contributed by atoms with van der Waals surface area (Å²) in [6, 6.07) is 5.20. The highest BCUT2D eigenvalue weighted by atomic mass is 19.1. The standard InChI is InChI=1S/C17H25FN2O/c1-12(2)20-9-7-15(8-10-20)19(4)17(21)16-6-5-14(18)11-13(16)3/h5-6,11-12,15H,7-10H2,1-4H3. The van der Waals surface area contributed by atoms with Crippen molar-refractivity contribution in [2.75, 3.05) is 20.1 Å². The molecule has 1 aromatic rings. The Morgan fingerprint density at radius 3 is 2.48 bits per heavy atom. The largest absolute Gasteiger partial charge is 0.339 e. The van der Waals surface area contributed by atoms with Crippen LogP contribution in [0.15, 0.2) is 18.2 Å². The number of hydrogen-bond acceptors (Lipinski definition) is 2. The molecule has 1 aliphatic heterocycles. The van der Waals surface area contributed by atoms with E-state index >= 15 is 0 Å². The number of likely N-dealkylation sites (tertiary alicyclic amines) is 1. The van der Waals surface area contributed by atoms with E-state index in [9.17, 15) is 9.18 Å². The van der Waals surface area contributed by atoms with Crippen LogP contribution in [0.4, 0.5) is 4.39 Å². The number of piperidine rings is 1. The van der Waals surface area contributed by atoms with Crippen molar-refractivity contribution in [1.82, 2.24) is 9.80 Å². The van der Waals surface area contributed by atoms with Crippen LogP contribution in [0.5, 0.6) is 0 Å². The van der Waals surface area contributed by atoms with Crippen molar-refractivity contribution in [3.05, 3.63) is 35.1 Å². The first kappa shape index (κ1) is 16.0. The fourth-order valence-electron chi connectivity index (χ4n) is 3.01. The Morgan fingerprint density at radius 1 is 1.33 bits per heavy atom. The van der Waals surface area contributed by atoms with Gasteiger partial charge in [0, 0.05) is 37.8 Å². The van der Waals surface area contributed by atoms with Gasteiger partial charge in [0.15, 0.2) is 0 Å². The molecule has 1 saturated heterocycles. The maximum Gasteiger partial charge on any atom is 0.254 e. The van der Waals surface area contributed by atoms with Crippen LogP contribution in [0.3, 0.4) is 0 Å². The van der Waals surface area contributed by atoms with Gasteiger partial charge in [-0.25, -0.2) is 4.39 Å². The molecule has 1 aromatic carbocycles. The third-order valence-corrected chi connectivity index (χ3v) is 4.52. The zero-order chi connectivity index (χ0) is 15.6. The molecule has 0 aromatic heterocycles. The highest BCUT2D eigenvalue weighted by Crippen LogP contribution is 2.20. The van der Waals surface area contributed by atoms with E-state index in [1.807, 2.05) is 11.9 Å². The summed E-state index contributed by atoms with van der Waals surface area (Å²) in [5.74, 6) is -0.299. The van der Waals surface area contributed by atoms with Gasteiger partial charge in [0.1, 0.15) is 5.82 Å². The summed E-state index contributed by atoms with van der Waals surface area (Å²) in [4.78, 5) is 16.9. The van der Waals surface area contributed by atoms with Crippen molar-refractivity contribution in [1.29, 1.82) is 0 Å². The lowest BCUT2D eigenvalue weighted by atomic mass is 10.0. The van der Waals surface area contributed by atoms with Crippen molar-refractivity contribution in [2.24, 2.45) is 0 Å². The molecule has 1 heterocycles. The molecule has 116 valence electrons. The van der Waals surface area contributed by atoms with E-state index in [1.165, 1.54) is 12.1 Å². The van der Waals surface area contributed by atoms with Crippen LogP contribution in [0, 0.1) is 12.7 Å². The highest BCUT2D eigenvalue weighted by molar-refractivity contribution is 5.95. The quantitative estimate of drug-likeness (QED) is 0.855. The van der Waals surface area contributed by atoms with Crippen LogP contribution >= 0.6 is 0 Å². The van der Waals surface area contributed by atoms with Crippen molar-refractivity contribution in [2.45, 2.75) is 45.7 Å². The van der Waals surface area contributed by atoms with Crippen LogP contribution in [-0.2, 0) is 0 Å². The minimum Gasteiger partial charge on any atom is -0.339 e. The van der Waals surface area contributed by atoms with E-state index in [4.69, 9.17) is 0 Å². The van der Waals surface area contributed by atoms with Crippen LogP contribution in [0.2, 0.25) is 0 Å². The summed E-state index contributed by atoms with van der Waals surface area (Å²) in [6.07, 6.45) is 2.00. The number of benzene rings is 1. The predicted molar refractivity (Wildman–Crippen MR) is 83.0 cm³/mol. The van der Waals surface area contributed by atoms with E-state index in [-0.39, 0.29) is 17.8 Å². The molecule has 0 spiro atoms. The normalized spacial score (nSPS) is 17.2. The van der Waals surface area contributed by atoms with Gasteiger partial charge in [-0.05, 0) is 57.4 Å². The summed E-state index contributed by atoms with van der Waals surface area (Å²) in [7, 11) is 1.86. The summed E-state index contributed by atoms with van der Waals surface area (Å²) in [5.41, 5.74) is 1.30. The van der Waals surface area contributed by atoms with Gasteiger partial charge in [0.05, 0.1) is 0 Å². The van der Waals surface area contributed by atoms with Gasteiger partial charge in [-0.1, -0.05) is 0 Å². The number of aryl methyl sites for hydroxylation is 1. The molecule has 0 atom stereocenters. The van der Waals surface area contributed by atoms with E-state index in [1.54, 1.807) is 13.0 Å². The smallest absolute Gasteiger partial charge is 0.254 e. The maximum absolute atomic E-state index is 13.2. The zero-order valence-corrected chi connectivity index (χ0v) is 13.4. The van der Waals surface area contributed by atoms with Gasteiger partial charge in [0.2, 0.25) is 0 Å². The average Bonchev–Trinajstić information content (AvgIpc) is 2.46. The lowest BCUT2D eigenvalue weighted by Gasteiger charge is -2.38. The van der Waals surface area contributed by atoms with E-state index < -0.39 is 0 Å². The van der Waals surface area contributed by atoms with Gasteiger partial charge < -0.3 is 9.80 Å². The SMILES string of the molecule is Cc1cc(F)ccc1C(=O)N(C)C1CCN(C(C)C)CC1. The molecule has 2 rings (SSSR count). The number of nitrogens with zero attached hydrogens (tertiary/aromatic N) is 2. The Kier molecular flexibility index (Phi) is 4.99. The van der Waals surface area contributed by atoms with E-state index in [0.29, 0.717) is 17.2 Å². The summed E-state index contributed by atoms with van der Waals surface area (Å²) >= 11 is 0. The third kappa shape index (κ3) is 3.62. The summed E-state index contributed by atoms with van der Waals surface area (Å²) < 4.78 is 13.2. The number of carbonyl (C=O) groups is 1. The molecule has 0 unspecified atom stereocenters. The molecule has 0 N–H and O–H groups in total. The first-order chi connectivity index (χ1) is 9.90. The molecular weight excluding hydrogens is 267 g/mol. The molecule has 1 amide bonds. The van der Waals surface area contributed by atoms with Crippen LogP contribution < -0.4 is 0 Å². The second-order valence-corrected chi connectivity index (χ2v) is 6.24. The second-order valence-electron chi connectivity index (χ2n) is 6.24. The maximum atomic E-state index is 13.2. The van der Waals surface area contributed by atoms with Crippen LogP contribution in [0.1, 0.15) is 42.6 Å². The van der Waals surface area contributed by atoms with E-state index in [0.717, 1.165) is 25.9 Å². The second kappa shape index (κ2) is 6.56. The Bertz CT molecular complexity index is 508. The minimum atomic E-state index is -0.294. The molecule has 0 bridgehead atoms. The van der Waals surface area contributed by atoms with Crippen LogP contribution in [0.25, 0.3) is 0 Å². The Labute approximate surface area is 126 Å². The van der Waals surface area contributed by atoms with Gasteiger partial charge in [0.25, 0.3) is 5.91 Å². The summed E-state index contributed by atoms with van der Waals surface area (Å²) in [6.45, 7) is 8.25. The Balaban J connectivity index is 2.03. The molecule has 1 aliphatic rings. The molecule has 1 fully saturated rings. The average molecular weight is 292 g/mol. The Morgan fingerprint density at radius 2 is 1.95 bits per heavy atom. The fraction of sp³-hybridized carbons (Fsp3) is 0.588. The highest BCUT2D eigenvalue weighted by Gasteiger charge is 2.27. The summed E-state index contributed by atoms with van der Waals surface area (Å²) in [5, 5.41) is 0. The molecule has 4 heteroatoms. The molecule has 0 saturated carbocycles. The Hall–Kier alpha value is -1.42. The number of halogens is 1. The van der Waals surface area contributed by atoms with Gasteiger partial charge in [-0.15, -0.1) is 0 Å². The fourth-order valence-corrected chi connectivity index (χ4v) is 3.01. The molecule has 0 radical (unpaired) electrons. The van der Waals surface area contributed by atoms with Crippen molar-refractivity contribution in [3.63, 3.8) is 0 Å². The number of carbonyl (C=O) groups excluding carboxylic acids is 1.